The van der Waals surface area contributed by atoms with Gasteiger partial charge in [-0.1, -0.05) is 0 Å². The normalized spacial score (nSPS) is 17.6. The van der Waals surface area contributed by atoms with E-state index in [9.17, 15) is 4.79 Å². The number of anilines is 1. The number of carbonyl (C=O) groups is 1. The van der Waals surface area contributed by atoms with E-state index in [-0.39, 0.29) is 18.4 Å². The van der Waals surface area contributed by atoms with Gasteiger partial charge in [0, 0.05) is 24.7 Å². The number of pyridine rings is 1. The minimum atomic E-state index is -0.143. The van der Waals surface area contributed by atoms with E-state index in [1.807, 2.05) is 18.3 Å². The molecule has 0 spiro atoms. The molecule has 1 amide bonds. The van der Waals surface area contributed by atoms with Crippen LogP contribution in [-0.2, 0) is 4.79 Å². The van der Waals surface area contributed by atoms with Crippen molar-refractivity contribution in [3.63, 3.8) is 0 Å². The highest BCUT2D eigenvalue weighted by molar-refractivity contribution is 6.08. The number of nitrogens with zero attached hydrogens (tertiary/aromatic N) is 5. The largest absolute Gasteiger partial charge is 0.355 e. The van der Waals surface area contributed by atoms with Crippen molar-refractivity contribution >= 4 is 33.7 Å². The number of amides is 1. The van der Waals surface area contributed by atoms with E-state index < -0.39 is 0 Å². The summed E-state index contributed by atoms with van der Waals surface area (Å²) in [7, 11) is 0. The number of aromatic nitrogens is 4. The molecule has 8 heteroatoms. The van der Waals surface area contributed by atoms with Gasteiger partial charge in [-0.2, -0.15) is 5.26 Å². The molecule has 1 atom stereocenters. The van der Waals surface area contributed by atoms with Gasteiger partial charge in [0.05, 0.1) is 29.1 Å². The van der Waals surface area contributed by atoms with Crippen molar-refractivity contribution in [1.29, 1.82) is 5.26 Å². The second-order valence-electron chi connectivity index (χ2n) is 6.12. The number of nitrogens with one attached hydrogen (secondary N) is 2. The van der Waals surface area contributed by atoms with Gasteiger partial charge in [-0.25, -0.2) is 15.0 Å². The summed E-state index contributed by atoms with van der Waals surface area (Å²) < 4.78 is 0. The van der Waals surface area contributed by atoms with Crippen molar-refractivity contribution in [3.05, 3.63) is 24.8 Å². The maximum absolute atomic E-state index is 12.2. The van der Waals surface area contributed by atoms with E-state index in [0.717, 1.165) is 47.1 Å². The van der Waals surface area contributed by atoms with E-state index in [0.29, 0.717) is 6.54 Å². The minimum absolute atomic E-state index is 0.0431. The van der Waals surface area contributed by atoms with Crippen LogP contribution in [0.25, 0.3) is 21.9 Å². The Labute approximate surface area is 143 Å². The fraction of sp³-hybridized carbons (Fsp3) is 0.353. The van der Waals surface area contributed by atoms with Crippen LogP contribution in [0.15, 0.2) is 24.8 Å². The predicted molar refractivity (Wildman–Crippen MR) is 92.7 cm³/mol. The van der Waals surface area contributed by atoms with Crippen molar-refractivity contribution in [2.75, 3.05) is 24.5 Å². The summed E-state index contributed by atoms with van der Waals surface area (Å²) in [5.74, 6) is 0.614. The Balaban J connectivity index is 1.70. The zero-order valence-corrected chi connectivity index (χ0v) is 13.6. The fourth-order valence-electron chi connectivity index (χ4n) is 3.43. The number of nitriles is 1. The summed E-state index contributed by atoms with van der Waals surface area (Å²) in [6, 6.07) is 3.92. The molecular weight excluding hydrogens is 318 g/mol. The van der Waals surface area contributed by atoms with Crippen LogP contribution in [-0.4, -0.2) is 45.5 Å². The minimum Gasteiger partial charge on any atom is -0.355 e. The molecule has 1 unspecified atom stereocenters. The Morgan fingerprint density at radius 3 is 3.24 bits per heavy atom. The molecule has 0 bridgehead atoms. The third kappa shape index (κ3) is 2.74. The van der Waals surface area contributed by atoms with E-state index in [4.69, 9.17) is 5.26 Å². The van der Waals surface area contributed by atoms with E-state index in [1.165, 1.54) is 6.33 Å². The summed E-state index contributed by atoms with van der Waals surface area (Å²) in [6.45, 7) is 1.46. The molecule has 126 valence electrons. The van der Waals surface area contributed by atoms with Gasteiger partial charge in [0.25, 0.3) is 0 Å². The van der Waals surface area contributed by atoms with Crippen LogP contribution in [0.1, 0.15) is 12.8 Å². The Hall–Kier alpha value is -3.21. The standard InChI is InChI=1S/C17H17N7O/c18-4-6-20-17(25)11-2-1-7-24(9-11)16-14-12-3-5-19-15(12)21-8-13(14)22-10-23-16/h3,5,8,10-11H,1-2,6-7,9H2,(H,19,21)(H,20,25). The second-order valence-corrected chi connectivity index (χ2v) is 6.12. The fourth-order valence-corrected chi connectivity index (χ4v) is 3.43. The lowest BCUT2D eigenvalue weighted by atomic mass is 9.96. The van der Waals surface area contributed by atoms with Crippen molar-refractivity contribution in [3.8, 4) is 6.07 Å². The average molecular weight is 335 g/mol. The molecule has 3 aromatic heterocycles. The Morgan fingerprint density at radius 1 is 1.44 bits per heavy atom. The zero-order valence-electron chi connectivity index (χ0n) is 13.6. The average Bonchev–Trinajstić information content (AvgIpc) is 3.14. The van der Waals surface area contributed by atoms with Gasteiger partial charge < -0.3 is 15.2 Å². The smallest absolute Gasteiger partial charge is 0.225 e. The first-order chi connectivity index (χ1) is 12.3. The van der Waals surface area contributed by atoms with Crippen molar-refractivity contribution < 1.29 is 4.79 Å². The number of aromatic amines is 1. The number of hydrogen-bond donors (Lipinski definition) is 2. The molecule has 4 rings (SSSR count). The molecule has 3 aromatic rings. The van der Waals surface area contributed by atoms with Crippen molar-refractivity contribution in [2.24, 2.45) is 5.92 Å². The molecule has 8 nitrogen and oxygen atoms in total. The van der Waals surface area contributed by atoms with Gasteiger partial charge in [0.1, 0.15) is 24.3 Å². The zero-order chi connectivity index (χ0) is 17.2. The van der Waals surface area contributed by atoms with Gasteiger partial charge in [0.2, 0.25) is 5.91 Å². The number of carbonyl (C=O) groups excluding carboxylic acids is 1. The number of rotatable bonds is 3. The maximum atomic E-state index is 12.2. The quantitative estimate of drug-likeness (QED) is 0.699. The molecule has 2 N–H and O–H groups in total. The van der Waals surface area contributed by atoms with Gasteiger partial charge in [-0.15, -0.1) is 0 Å². The molecule has 25 heavy (non-hydrogen) atoms. The number of hydrogen-bond acceptors (Lipinski definition) is 6. The third-order valence-electron chi connectivity index (χ3n) is 4.60. The van der Waals surface area contributed by atoms with Crippen LogP contribution < -0.4 is 10.2 Å². The van der Waals surface area contributed by atoms with E-state index >= 15 is 0 Å². The van der Waals surface area contributed by atoms with Crippen molar-refractivity contribution in [2.45, 2.75) is 12.8 Å². The number of H-pyrrole nitrogens is 1. The van der Waals surface area contributed by atoms with Gasteiger partial charge in [0.15, 0.2) is 0 Å². The summed E-state index contributed by atoms with van der Waals surface area (Å²) in [6.07, 6.45) is 6.84. The predicted octanol–water partition coefficient (Wildman–Crippen LogP) is 1.36. The van der Waals surface area contributed by atoms with Crippen LogP contribution in [0.2, 0.25) is 0 Å². The van der Waals surface area contributed by atoms with Crippen LogP contribution in [0.3, 0.4) is 0 Å². The van der Waals surface area contributed by atoms with Gasteiger partial charge >= 0.3 is 0 Å². The van der Waals surface area contributed by atoms with Crippen LogP contribution in [0.5, 0.6) is 0 Å². The number of fused-ring (bicyclic) bond motifs is 3. The van der Waals surface area contributed by atoms with Gasteiger partial charge in [-0.05, 0) is 18.9 Å². The lowest BCUT2D eigenvalue weighted by Crippen LogP contribution is -2.43. The molecule has 1 aliphatic rings. The first-order valence-corrected chi connectivity index (χ1v) is 8.24. The summed E-state index contributed by atoms with van der Waals surface area (Å²) in [5.41, 5.74) is 1.58. The SMILES string of the molecule is N#CCNC(=O)C1CCCN(c2ncnc3cnc4[nH]ccc4c23)C1. The topological polar surface area (TPSA) is 111 Å². The monoisotopic (exact) mass is 335 g/mol. The summed E-state index contributed by atoms with van der Waals surface area (Å²) in [5, 5.41) is 13.2. The Kier molecular flexibility index (Phi) is 3.90. The molecule has 0 radical (unpaired) electrons. The molecule has 1 fully saturated rings. The Bertz CT molecular complexity index is 974. The van der Waals surface area contributed by atoms with E-state index in [1.54, 1.807) is 6.20 Å². The molecule has 0 aromatic carbocycles. The molecule has 4 heterocycles. The van der Waals surface area contributed by atoms with Crippen LogP contribution >= 0.6 is 0 Å². The maximum Gasteiger partial charge on any atom is 0.225 e. The lowest BCUT2D eigenvalue weighted by molar-refractivity contribution is -0.125. The molecule has 1 aliphatic heterocycles. The van der Waals surface area contributed by atoms with Crippen LogP contribution in [0.4, 0.5) is 5.82 Å². The Morgan fingerprint density at radius 2 is 2.36 bits per heavy atom. The molecule has 1 saturated heterocycles. The highest BCUT2D eigenvalue weighted by Crippen LogP contribution is 2.31. The first-order valence-electron chi connectivity index (χ1n) is 8.24. The lowest BCUT2D eigenvalue weighted by Gasteiger charge is -2.33. The first kappa shape index (κ1) is 15.3. The second kappa shape index (κ2) is 6.36. The highest BCUT2D eigenvalue weighted by Gasteiger charge is 2.27. The summed E-state index contributed by atoms with van der Waals surface area (Å²) in [4.78, 5) is 30.7. The van der Waals surface area contributed by atoms with Crippen molar-refractivity contribution in [1.82, 2.24) is 25.3 Å². The third-order valence-corrected chi connectivity index (χ3v) is 4.60. The van der Waals surface area contributed by atoms with Crippen LogP contribution in [0, 0.1) is 17.2 Å². The molecule has 0 aliphatic carbocycles. The molecule has 0 saturated carbocycles. The number of piperidine rings is 1. The highest BCUT2D eigenvalue weighted by atomic mass is 16.1. The molecular formula is C17H17N7O. The summed E-state index contributed by atoms with van der Waals surface area (Å²) >= 11 is 0. The van der Waals surface area contributed by atoms with Gasteiger partial charge in [-0.3, -0.25) is 4.79 Å². The van der Waals surface area contributed by atoms with E-state index in [2.05, 4.69) is 30.2 Å².